The van der Waals surface area contributed by atoms with E-state index in [4.69, 9.17) is 32.7 Å². The number of carbonyl (C=O) groups is 2. The van der Waals surface area contributed by atoms with Crippen LogP contribution in [0.5, 0.6) is 5.75 Å². The van der Waals surface area contributed by atoms with Crippen LogP contribution in [0.15, 0.2) is 47.4 Å². The van der Waals surface area contributed by atoms with Crippen LogP contribution in [0.2, 0.25) is 10.0 Å². The molecule has 2 aromatic rings. The number of rotatable bonds is 6. The number of anilines is 1. The van der Waals surface area contributed by atoms with Gasteiger partial charge in [-0.3, -0.25) is 9.10 Å². The van der Waals surface area contributed by atoms with E-state index in [1.807, 2.05) is 20.8 Å². The largest absolute Gasteiger partial charge is 0.444 e. The first-order valence-electron chi connectivity index (χ1n) is 11.5. The minimum atomic E-state index is -4.20. The normalized spacial score (nSPS) is 14.9. The van der Waals surface area contributed by atoms with Crippen LogP contribution in [-0.4, -0.2) is 50.6 Å². The van der Waals surface area contributed by atoms with Gasteiger partial charge < -0.3 is 14.4 Å². The average Bonchev–Trinajstić information content (AvgIpc) is 2.78. The van der Waals surface area contributed by atoms with Crippen molar-refractivity contribution in [2.24, 2.45) is 5.92 Å². The van der Waals surface area contributed by atoms with Gasteiger partial charge in [-0.2, -0.15) is 0 Å². The quantitative estimate of drug-likeness (QED) is 0.331. The van der Waals surface area contributed by atoms with Gasteiger partial charge in [0.05, 0.1) is 10.7 Å². The Hall–Kier alpha value is -2.49. The van der Waals surface area contributed by atoms with E-state index >= 15 is 0 Å². The van der Waals surface area contributed by atoms with E-state index in [0.717, 1.165) is 0 Å². The van der Waals surface area contributed by atoms with E-state index < -0.39 is 27.7 Å². The molecule has 11 heteroatoms. The van der Waals surface area contributed by atoms with Crippen molar-refractivity contribution in [1.29, 1.82) is 0 Å². The van der Waals surface area contributed by atoms with Crippen LogP contribution in [0, 0.1) is 5.92 Å². The molecule has 196 valence electrons. The number of nitrogens with zero attached hydrogens (tertiary/aromatic N) is 2. The second-order valence-electron chi connectivity index (χ2n) is 9.58. The number of ether oxygens (including phenoxy) is 2. The molecule has 0 radical (unpaired) electrons. The Morgan fingerprint density at radius 3 is 2.33 bits per heavy atom. The number of hydrogen-bond acceptors (Lipinski definition) is 6. The van der Waals surface area contributed by atoms with E-state index in [9.17, 15) is 18.0 Å². The lowest BCUT2D eigenvalue weighted by atomic mass is 9.97. The number of esters is 1. The molecular weight excluding hydrogens is 527 g/mol. The Labute approximate surface area is 222 Å². The fourth-order valence-corrected chi connectivity index (χ4v) is 6.17. The minimum absolute atomic E-state index is 0.0223. The molecule has 0 aliphatic carbocycles. The van der Waals surface area contributed by atoms with Crippen LogP contribution in [0.4, 0.5) is 10.5 Å². The molecular formula is C25H30Cl2N2O6S. The van der Waals surface area contributed by atoms with Crippen LogP contribution in [0.1, 0.15) is 40.5 Å². The third-order valence-corrected chi connectivity index (χ3v) is 8.04. The Balaban J connectivity index is 1.93. The van der Waals surface area contributed by atoms with Crippen LogP contribution in [0.3, 0.4) is 0 Å². The number of halogens is 2. The molecule has 0 saturated carbocycles. The fraction of sp³-hybridized carbons (Fsp3) is 0.440. The molecule has 2 aromatic carbocycles. The highest BCUT2D eigenvalue weighted by Gasteiger charge is 2.34. The summed E-state index contributed by atoms with van der Waals surface area (Å²) in [4.78, 5) is 25.6. The minimum Gasteiger partial charge on any atom is -0.444 e. The highest BCUT2D eigenvalue weighted by atomic mass is 35.5. The first kappa shape index (κ1) is 28.1. The molecule has 1 saturated heterocycles. The monoisotopic (exact) mass is 556 g/mol. The topological polar surface area (TPSA) is 93.2 Å². The number of sulfonamides is 1. The highest BCUT2D eigenvalue weighted by Crippen LogP contribution is 2.37. The van der Waals surface area contributed by atoms with Crippen molar-refractivity contribution >= 4 is 51.0 Å². The van der Waals surface area contributed by atoms with Crippen molar-refractivity contribution in [3.05, 3.63) is 52.5 Å². The summed E-state index contributed by atoms with van der Waals surface area (Å²) in [6, 6.07) is 10.6. The number of benzene rings is 2. The molecule has 0 spiro atoms. The molecule has 0 aromatic heterocycles. The van der Waals surface area contributed by atoms with Gasteiger partial charge in [0.1, 0.15) is 10.5 Å². The van der Waals surface area contributed by atoms with Crippen LogP contribution >= 0.6 is 23.2 Å². The average molecular weight is 557 g/mol. The summed E-state index contributed by atoms with van der Waals surface area (Å²) in [5, 5.41) is 0.242. The summed E-state index contributed by atoms with van der Waals surface area (Å²) in [5.74, 6) is -0.550. The molecule has 1 fully saturated rings. The zero-order valence-corrected chi connectivity index (χ0v) is 23.0. The molecule has 1 amide bonds. The van der Waals surface area contributed by atoms with Crippen molar-refractivity contribution in [1.82, 2.24) is 4.90 Å². The van der Waals surface area contributed by atoms with E-state index in [2.05, 4.69) is 0 Å². The zero-order valence-electron chi connectivity index (χ0n) is 20.7. The molecule has 36 heavy (non-hydrogen) atoms. The van der Waals surface area contributed by atoms with Crippen LogP contribution in [0.25, 0.3) is 0 Å². The molecule has 0 unspecified atom stereocenters. The van der Waals surface area contributed by atoms with Crippen LogP contribution < -0.4 is 9.04 Å². The Bertz CT molecular complexity index is 1220. The van der Waals surface area contributed by atoms with Gasteiger partial charge in [-0.15, -0.1) is 0 Å². The standard InChI is InChI=1S/C25H30Cl2N2O6S/c1-17(30)34-22-8-6-5-7-21(22)29(36(32,33)23-15-19(26)9-10-20(23)27)16-18-11-13-28(14-12-18)24(31)35-25(2,3)4/h5-10,15,18H,11-14,16H2,1-4H3. The highest BCUT2D eigenvalue weighted by molar-refractivity contribution is 7.93. The van der Waals surface area contributed by atoms with Crippen LogP contribution in [-0.2, 0) is 19.6 Å². The second-order valence-corrected chi connectivity index (χ2v) is 12.3. The molecule has 0 bridgehead atoms. The number of piperidine rings is 1. The van der Waals surface area contributed by atoms with Gasteiger partial charge in [-0.25, -0.2) is 13.2 Å². The Morgan fingerprint density at radius 1 is 1.08 bits per heavy atom. The second kappa shape index (κ2) is 11.3. The van der Waals surface area contributed by atoms with E-state index in [1.165, 1.54) is 35.5 Å². The lowest BCUT2D eigenvalue weighted by Crippen LogP contribution is -2.44. The molecule has 1 aliphatic heterocycles. The number of likely N-dealkylation sites (tertiary alicyclic amines) is 1. The summed E-state index contributed by atoms with van der Waals surface area (Å²) in [7, 11) is -4.20. The van der Waals surface area contributed by atoms with E-state index in [0.29, 0.717) is 25.9 Å². The fourth-order valence-electron chi connectivity index (χ4n) is 3.88. The maximum Gasteiger partial charge on any atom is 0.410 e. The Morgan fingerprint density at radius 2 is 1.72 bits per heavy atom. The van der Waals surface area contributed by atoms with Gasteiger partial charge in [0.25, 0.3) is 10.0 Å². The predicted octanol–water partition coefficient (Wildman–Crippen LogP) is 5.76. The summed E-state index contributed by atoms with van der Waals surface area (Å²) >= 11 is 12.4. The first-order chi connectivity index (χ1) is 16.8. The van der Waals surface area contributed by atoms with Crippen molar-refractivity contribution in [3.8, 4) is 5.75 Å². The van der Waals surface area contributed by atoms with Crippen molar-refractivity contribution in [2.75, 3.05) is 23.9 Å². The number of amides is 1. The molecule has 3 rings (SSSR count). The van der Waals surface area contributed by atoms with E-state index in [-0.39, 0.29) is 38.8 Å². The predicted molar refractivity (Wildman–Crippen MR) is 139 cm³/mol. The third-order valence-electron chi connectivity index (χ3n) is 5.54. The molecule has 0 N–H and O–H groups in total. The van der Waals surface area contributed by atoms with Gasteiger partial charge in [0.15, 0.2) is 5.75 Å². The molecule has 1 aliphatic rings. The van der Waals surface area contributed by atoms with Crippen molar-refractivity contribution in [2.45, 2.75) is 51.0 Å². The lowest BCUT2D eigenvalue weighted by Gasteiger charge is -2.36. The number of hydrogen-bond donors (Lipinski definition) is 0. The summed E-state index contributed by atoms with van der Waals surface area (Å²) in [6.07, 6.45) is 0.727. The van der Waals surface area contributed by atoms with Crippen molar-refractivity contribution < 1.29 is 27.5 Å². The van der Waals surface area contributed by atoms with Gasteiger partial charge in [-0.1, -0.05) is 35.3 Å². The molecule has 1 heterocycles. The zero-order chi connectivity index (χ0) is 26.7. The maximum atomic E-state index is 13.9. The summed E-state index contributed by atoms with van der Waals surface area (Å²) in [6.45, 7) is 7.61. The summed E-state index contributed by atoms with van der Waals surface area (Å²) in [5.41, 5.74) is -0.395. The van der Waals surface area contributed by atoms with Gasteiger partial charge in [0, 0.05) is 31.6 Å². The number of carbonyl (C=O) groups excluding carboxylic acids is 2. The smallest absolute Gasteiger partial charge is 0.410 e. The Kier molecular flexibility index (Phi) is 8.80. The van der Waals surface area contributed by atoms with Crippen molar-refractivity contribution in [3.63, 3.8) is 0 Å². The van der Waals surface area contributed by atoms with E-state index in [1.54, 1.807) is 23.1 Å². The molecule has 8 nitrogen and oxygen atoms in total. The van der Waals surface area contributed by atoms with Gasteiger partial charge in [0.2, 0.25) is 0 Å². The number of para-hydroxylation sites is 2. The molecule has 0 atom stereocenters. The third kappa shape index (κ3) is 7.05. The first-order valence-corrected chi connectivity index (χ1v) is 13.7. The SMILES string of the molecule is CC(=O)Oc1ccccc1N(CC1CCN(C(=O)OC(C)(C)C)CC1)S(=O)(=O)c1cc(Cl)ccc1Cl. The lowest BCUT2D eigenvalue weighted by molar-refractivity contribution is -0.131. The van der Waals surface area contributed by atoms with Gasteiger partial charge in [-0.05, 0) is 69.9 Å². The maximum absolute atomic E-state index is 13.9. The van der Waals surface area contributed by atoms with Gasteiger partial charge >= 0.3 is 12.1 Å². The summed E-state index contributed by atoms with van der Waals surface area (Å²) < 4.78 is 39.8.